The van der Waals surface area contributed by atoms with E-state index >= 15 is 0 Å². The van der Waals surface area contributed by atoms with Gasteiger partial charge < -0.3 is 15.3 Å². The fraction of sp³-hybridized carbons (Fsp3) is 0.778. The highest BCUT2D eigenvalue weighted by molar-refractivity contribution is 5.95. The number of hydrogen-bond donors (Lipinski definition) is 1. The Morgan fingerprint density at radius 1 is 1.79 bits per heavy atom. The second-order valence-electron chi connectivity index (χ2n) is 3.96. The molecule has 5 heteroatoms. The minimum atomic E-state index is -0.932. The predicted molar refractivity (Wildman–Crippen MR) is 49.6 cm³/mol. The summed E-state index contributed by atoms with van der Waals surface area (Å²) in [6, 6.07) is -0.00968. The van der Waals surface area contributed by atoms with E-state index in [4.69, 9.17) is 15.3 Å². The van der Waals surface area contributed by atoms with Gasteiger partial charge in [0.2, 0.25) is 5.60 Å². The van der Waals surface area contributed by atoms with Gasteiger partial charge in [0.25, 0.3) is 0 Å². The molecule has 0 saturated heterocycles. The van der Waals surface area contributed by atoms with Crippen LogP contribution in [0.1, 0.15) is 19.8 Å². The number of rotatable bonds is 1. The van der Waals surface area contributed by atoms with Crippen molar-refractivity contribution in [2.75, 3.05) is 7.11 Å². The van der Waals surface area contributed by atoms with Crippen molar-refractivity contribution < 1.29 is 14.4 Å². The number of nitrogens with zero attached hydrogens (tertiary/aromatic N) is 1. The standard InChI is InChI=1S/C9H14N2O3/c1-5-7-3-6(10)4-9(7,14-11-5)8(12)13-2/h6-7H,3-4,10H2,1-2H3. The molecular formula is C9H14N2O3. The largest absolute Gasteiger partial charge is 0.466 e. The molecule has 0 amide bonds. The number of fused-ring (bicyclic) bond motifs is 1. The second kappa shape index (κ2) is 2.95. The lowest BCUT2D eigenvalue weighted by molar-refractivity contribution is -0.168. The number of hydrogen-bond acceptors (Lipinski definition) is 5. The van der Waals surface area contributed by atoms with Crippen LogP contribution in [0.5, 0.6) is 0 Å². The Morgan fingerprint density at radius 2 is 2.50 bits per heavy atom. The Hall–Kier alpha value is -1.10. The van der Waals surface area contributed by atoms with Crippen molar-refractivity contribution in [2.45, 2.75) is 31.4 Å². The number of oxime groups is 1. The van der Waals surface area contributed by atoms with Crippen molar-refractivity contribution in [1.82, 2.24) is 0 Å². The van der Waals surface area contributed by atoms with Crippen molar-refractivity contribution >= 4 is 11.7 Å². The van der Waals surface area contributed by atoms with Gasteiger partial charge in [-0.05, 0) is 13.3 Å². The molecule has 0 radical (unpaired) electrons. The monoisotopic (exact) mass is 198 g/mol. The average molecular weight is 198 g/mol. The molecule has 78 valence electrons. The number of ether oxygens (including phenoxy) is 1. The molecule has 2 N–H and O–H groups in total. The number of carbonyl (C=O) groups excluding carboxylic acids is 1. The molecule has 0 spiro atoms. The van der Waals surface area contributed by atoms with Crippen LogP contribution in [0.25, 0.3) is 0 Å². The summed E-state index contributed by atoms with van der Waals surface area (Å²) in [5.74, 6) is -0.374. The molecule has 0 bridgehead atoms. The normalized spacial score (nSPS) is 40.1. The minimum absolute atomic E-state index is 0.00931. The molecule has 5 nitrogen and oxygen atoms in total. The van der Waals surface area contributed by atoms with Gasteiger partial charge in [-0.3, -0.25) is 0 Å². The molecule has 0 aromatic heterocycles. The maximum absolute atomic E-state index is 11.6. The van der Waals surface area contributed by atoms with Crippen molar-refractivity contribution in [1.29, 1.82) is 0 Å². The third-order valence-electron chi connectivity index (χ3n) is 3.05. The number of carbonyl (C=O) groups is 1. The maximum atomic E-state index is 11.6. The Kier molecular flexibility index (Phi) is 1.99. The van der Waals surface area contributed by atoms with E-state index in [9.17, 15) is 4.79 Å². The Balaban J connectivity index is 2.30. The van der Waals surface area contributed by atoms with Gasteiger partial charge in [0.15, 0.2) is 0 Å². The predicted octanol–water partition coefficient (Wildman–Crippen LogP) is 0.0416. The summed E-state index contributed by atoms with van der Waals surface area (Å²) in [5, 5.41) is 3.86. The van der Waals surface area contributed by atoms with Gasteiger partial charge in [-0.2, -0.15) is 0 Å². The summed E-state index contributed by atoms with van der Waals surface area (Å²) < 4.78 is 4.74. The maximum Gasteiger partial charge on any atom is 0.353 e. The van der Waals surface area contributed by atoms with E-state index in [1.165, 1.54) is 7.11 Å². The lowest BCUT2D eigenvalue weighted by Crippen LogP contribution is -2.43. The van der Waals surface area contributed by atoms with Crippen LogP contribution >= 0.6 is 0 Å². The van der Waals surface area contributed by atoms with Crippen LogP contribution in [0.2, 0.25) is 0 Å². The smallest absolute Gasteiger partial charge is 0.353 e. The molecule has 1 fully saturated rings. The van der Waals surface area contributed by atoms with Gasteiger partial charge in [-0.15, -0.1) is 0 Å². The summed E-state index contributed by atoms with van der Waals surface area (Å²) in [6.07, 6.45) is 1.23. The molecule has 3 atom stereocenters. The molecule has 1 heterocycles. The summed E-state index contributed by atoms with van der Waals surface area (Å²) in [6.45, 7) is 1.85. The average Bonchev–Trinajstić information content (AvgIpc) is 2.64. The highest BCUT2D eigenvalue weighted by Crippen LogP contribution is 2.43. The molecule has 1 saturated carbocycles. The van der Waals surface area contributed by atoms with Gasteiger partial charge >= 0.3 is 5.97 Å². The summed E-state index contributed by atoms with van der Waals surface area (Å²) in [5.41, 5.74) is 5.73. The zero-order valence-corrected chi connectivity index (χ0v) is 8.32. The van der Waals surface area contributed by atoms with E-state index < -0.39 is 5.60 Å². The number of esters is 1. The first-order valence-electron chi connectivity index (χ1n) is 4.67. The van der Waals surface area contributed by atoms with Crippen LogP contribution in [0.15, 0.2) is 5.16 Å². The number of nitrogens with two attached hydrogens (primary N) is 1. The topological polar surface area (TPSA) is 73.9 Å². The van der Waals surface area contributed by atoms with Crippen LogP contribution in [0.3, 0.4) is 0 Å². The third kappa shape index (κ3) is 1.05. The lowest BCUT2D eigenvalue weighted by Gasteiger charge is -2.23. The quantitative estimate of drug-likeness (QED) is 0.604. The highest BCUT2D eigenvalue weighted by atomic mass is 16.7. The first kappa shape index (κ1) is 9.45. The van der Waals surface area contributed by atoms with Crippen LogP contribution in [0, 0.1) is 5.92 Å². The van der Waals surface area contributed by atoms with Crippen molar-refractivity contribution in [3.63, 3.8) is 0 Å². The van der Waals surface area contributed by atoms with E-state index in [-0.39, 0.29) is 17.9 Å². The van der Waals surface area contributed by atoms with Crippen molar-refractivity contribution in [3.05, 3.63) is 0 Å². The van der Waals surface area contributed by atoms with Crippen LogP contribution < -0.4 is 5.73 Å². The fourth-order valence-corrected chi connectivity index (χ4v) is 2.37. The number of methoxy groups -OCH3 is 1. The summed E-state index contributed by atoms with van der Waals surface area (Å²) in [7, 11) is 1.36. The second-order valence-corrected chi connectivity index (χ2v) is 3.96. The summed E-state index contributed by atoms with van der Waals surface area (Å²) >= 11 is 0. The molecule has 0 aromatic carbocycles. The molecular weight excluding hydrogens is 184 g/mol. The van der Waals surface area contributed by atoms with E-state index in [2.05, 4.69) is 5.16 Å². The van der Waals surface area contributed by atoms with Gasteiger partial charge in [0, 0.05) is 12.5 Å². The first-order valence-corrected chi connectivity index (χ1v) is 4.67. The first-order chi connectivity index (χ1) is 6.60. The van der Waals surface area contributed by atoms with Gasteiger partial charge in [0.05, 0.1) is 18.7 Å². The molecule has 2 aliphatic rings. The molecule has 14 heavy (non-hydrogen) atoms. The fourth-order valence-electron chi connectivity index (χ4n) is 2.37. The van der Waals surface area contributed by atoms with Crippen molar-refractivity contribution in [2.24, 2.45) is 16.8 Å². The van der Waals surface area contributed by atoms with Crippen LogP contribution in [-0.4, -0.2) is 30.4 Å². The zero-order valence-electron chi connectivity index (χ0n) is 8.32. The Bertz CT molecular complexity index is 302. The van der Waals surface area contributed by atoms with E-state index in [1.54, 1.807) is 0 Å². The Labute approximate surface area is 82.2 Å². The minimum Gasteiger partial charge on any atom is -0.466 e. The molecule has 2 rings (SSSR count). The lowest BCUT2D eigenvalue weighted by atomic mass is 9.88. The molecule has 1 aliphatic heterocycles. The zero-order chi connectivity index (χ0) is 10.3. The Morgan fingerprint density at radius 3 is 3.14 bits per heavy atom. The van der Waals surface area contributed by atoms with Gasteiger partial charge in [-0.25, -0.2) is 4.79 Å². The molecule has 3 unspecified atom stereocenters. The van der Waals surface area contributed by atoms with Gasteiger partial charge in [0.1, 0.15) is 0 Å². The van der Waals surface area contributed by atoms with Crippen LogP contribution in [0.4, 0.5) is 0 Å². The third-order valence-corrected chi connectivity index (χ3v) is 3.05. The van der Waals surface area contributed by atoms with Gasteiger partial charge in [-0.1, -0.05) is 5.16 Å². The van der Waals surface area contributed by atoms with Crippen molar-refractivity contribution in [3.8, 4) is 0 Å². The van der Waals surface area contributed by atoms with E-state index in [0.717, 1.165) is 12.1 Å². The summed E-state index contributed by atoms with van der Waals surface area (Å²) in [4.78, 5) is 16.9. The molecule has 0 aromatic rings. The highest BCUT2D eigenvalue weighted by Gasteiger charge is 2.60. The van der Waals surface area contributed by atoms with Crippen LogP contribution in [-0.2, 0) is 14.4 Å². The van der Waals surface area contributed by atoms with E-state index in [1.807, 2.05) is 6.92 Å². The van der Waals surface area contributed by atoms with E-state index in [0.29, 0.717) is 6.42 Å². The molecule has 1 aliphatic carbocycles. The SMILES string of the molecule is COC(=O)C12CC(N)CC1C(C)=NO2.